The van der Waals surface area contributed by atoms with Gasteiger partial charge in [-0.1, -0.05) is 140 Å². The van der Waals surface area contributed by atoms with Crippen LogP contribution in [0.4, 0.5) is 17.1 Å². The lowest BCUT2D eigenvalue weighted by molar-refractivity contribution is 0.673. The van der Waals surface area contributed by atoms with E-state index < -0.39 is 0 Å². The third-order valence-corrected chi connectivity index (χ3v) is 11.9. The van der Waals surface area contributed by atoms with Crippen LogP contribution < -0.4 is 4.90 Å². The summed E-state index contributed by atoms with van der Waals surface area (Å²) in [7, 11) is 0. The average molecular weight is 694 g/mol. The van der Waals surface area contributed by atoms with Gasteiger partial charge in [-0.3, -0.25) is 0 Å². The molecule has 248 valence electrons. The highest BCUT2D eigenvalue weighted by molar-refractivity contribution is 7.26. The van der Waals surface area contributed by atoms with Crippen molar-refractivity contribution >= 4 is 92.1 Å². The van der Waals surface area contributed by atoms with Crippen LogP contribution in [-0.2, 0) is 0 Å². The van der Waals surface area contributed by atoms with E-state index in [2.05, 4.69) is 193 Å². The number of benzene rings is 9. The molecule has 0 fully saturated rings. The zero-order valence-electron chi connectivity index (χ0n) is 28.7. The molecule has 0 saturated heterocycles. The maximum Gasteiger partial charge on any atom is 0.159 e. The molecule has 53 heavy (non-hydrogen) atoms. The van der Waals surface area contributed by atoms with Crippen molar-refractivity contribution in [1.82, 2.24) is 0 Å². The molecule has 3 heteroatoms. The first-order chi connectivity index (χ1) is 26.3. The summed E-state index contributed by atoms with van der Waals surface area (Å²) in [6, 6.07) is 67.8. The largest absolute Gasteiger partial charge is 0.453 e. The van der Waals surface area contributed by atoms with Crippen molar-refractivity contribution in [2.45, 2.75) is 0 Å². The molecule has 0 aliphatic rings. The molecule has 11 aromatic rings. The molecule has 0 aliphatic carbocycles. The first-order valence-electron chi connectivity index (χ1n) is 18.0. The lowest BCUT2D eigenvalue weighted by Gasteiger charge is -2.26. The molecule has 0 N–H and O–H groups in total. The third-order valence-electron chi connectivity index (χ3n) is 10.7. The topological polar surface area (TPSA) is 16.4 Å². The van der Waals surface area contributed by atoms with Gasteiger partial charge in [0.1, 0.15) is 5.58 Å². The van der Waals surface area contributed by atoms with Gasteiger partial charge < -0.3 is 9.32 Å². The quantitative estimate of drug-likeness (QED) is 0.178. The summed E-state index contributed by atoms with van der Waals surface area (Å²) in [5, 5.41) is 9.76. The van der Waals surface area contributed by atoms with Crippen molar-refractivity contribution in [1.29, 1.82) is 0 Å². The number of nitrogens with zero attached hydrogens (tertiary/aromatic N) is 1. The standard InChI is InChI=1S/C50H31NOS/c1-2-9-32(10-3-1)33-17-24-38(25-18-33)51(46-16-8-15-42-43-28-21-35-11-4-6-13-40(35)48(43)52-49(42)46)39-26-19-34(20-27-39)37-23-30-47-45(31-37)44-29-22-36-12-5-7-14-41(36)50(44)53-47/h1-31H. The molecule has 0 radical (unpaired) electrons. The number of hydrogen-bond donors (Lipinski definition) is 0. The van der Waals surface area contributed by atoms with Crippen molar-refractivity contribution in [2.24, 2.45) is 0 Å². The van der Waals surface area contributed by atoms with Crippen LogP contribution in [0.15, 0.2) is 192 Å². The first-order valence-corrected chi connectivity index (χ1v) is 18.8. The Morgan fingerprint density at radius 1 is 0.358 bits per heavy atom. The van der Waals surface area contributed by atoms with Crippen LogP contribution in [-0.4, -0.2) is 0 Å². The maximum absolute atomic E-state index is 6.86. The van der Waals surface area contributed by atoms with Gasteiger partial charge in [-0.25, -0.2) is 0 Å². The number of furan rings is 1. The Balaban J connectivity index is 1.05. The second-order valence-corrected chi connectivity index (χ2v) is 14.7. The predicted octanol–water partition coefficient (Wildman–Crippen LogP) is 15.1. The zero-order valence-corrected chi connectivity index (χ0v) is 29.5. The summed E-state index contributed by atoms with van der Waals surface area (Å²) in [5.74, 6) is 0. The minimum atomic E-state index is 0.873. The number of rotatable bonds is 5. The lowest BCUT2D eigenvalue weighted by atomic mass is 10.0. The molecule has 2 aromatic heterocycles. The highest BCUT2D eigenvalue weighted by atomic mass is 32.1. The second-order valence-electron chi connectivity index (χ2n) is 13.7. The Kier molecular flexibility index (Phi) is 6.76. The van der Waals surface area contributed by atoms with Crippen molar-refractivity contribution < 1.29 is 4.42 Å². The van der Waals surface area contributed by atoms with Gasteiger partial charge >= 0.3 is 0 Å². The molecule has 0 spiro atoms. The fourth-order valence-electron chi connectivity index (χ4n) is 8.04. The lowest BCUT2D eigenvalue weighted by Crippen LogP contribution is -2.10. The summed E-state index contributed by atoms with van der Waals surface area (Å²) in [6.07, 6.45) is 0. The Morgan fingerprint density at radius 2 is 0.925 bits per heavy atom. The molecule has 0 bridgehead atoms. The molecule has 0 atom stereocenters. The van der Waals surface area contributed by atoms with Crippen LogP contribution in [0.1, 0.15) is 0 Å². The maximum atomic E-state index is 6.86. The molecular formula is C50H31NOS. The summed E-state index contributed by atoms with van der Waals surface area (Å²) in [4.78, 5) is 2.33. The van der Waals surface area contributed by atoms with E-state index >= 15 is 0 Å². The summed E-state index contributed by atoms with van der Waals surface area (Å²) in [6.45, 7) is 0. The number of fused-ring (bicyclic) bond motifs is 10. The van der Waals surface area contributed by atoms with Crippen molar-refractivity contribution in [3.63, 3.8) is 0 Å². The molecule has 9 aromatic carbocycles. The highest BCUT2D eigenvalue weighted by Crippen LogP contribution is 2.45. The van der Waals surface area contributed by atoms with Crippen LogP contribution in [0.25, 0.3) is 85.9 Å². The van der Waals surface area contributed by atoms with Gasteiger partial charge in [0.15, 0.2) is 5.58 Å². The Hall–Kier alpha value is -6.68. The number of para-hydroxylation sites is 1. The molecule has 2 heterocycles. The van der Waals surface area contributed by atoms with Crippen LogP contribution >= 0.6 is 11.3 Å². The fraction of sp³-hybridized carbons (Fsp3) is 0. The van der Waals surface area contributed by atoms with Gasteiger partial charge in [-0.15, -0.1) is 11.3 Å². The van der Waals surface area contributed by atoms with E-state index in [1.165, 1.54) is 58.6 Å². The smallest absolute Gasteiger partial charge is 0.159 e. The predicted molar refractivity (Wildman–Crippen MR) is 227 cm³/mol. The van der Waals surface area contributed by atoms with E-state index in [9.17, 15) is 0 Å². The van der Waals surface area contributed by atoms with Gasteiger partial charge in [-0.2, -0.15) is 0 Å². The number of anilines is 3. The minimum absolute atomic E-state index is 0.873. The Morgan fingerprint density at radius 3 is 1.68 bits per heavy atom. The second kappa shape index (κ2) is 11.9. The Labute approximate surface area is 310 Å². The zero-order chi connectivity index (χ0) is 34.9. The van der Waals surface area contributed by atoms with Crippen molar-refractivity contribution in [2.75, 3.05) is 4.90 Å². The summed E-state index contributed by atoms with van der Waals surface area (Å²) < 4.78 is 9.53. The normalized spacial score (nSPS) is 11.8. The molecule has 11 rings (SSSR count). The third kappa shape index (κ3) is 4.86. The molecule has 2 nitrogen and oxygen atoms in total. The van der Waals surface area contributed by atoms with Crippen molar-refractivity contribution in [3.8, 4) is 22.3 Å². The summed E-state index contributed by atoms with van der Waals surface area (Å²) in [5.41, 5.74) is 9.70. The van der Waals surface area contributed by atoms with Crippen LogP contribution in [0.2, 0.25) is 0 Å². The fourth-order valence-corrected chi connectivity index (χ4v) is 9.25. The number of thiophene rings is 1. The average Bonchev–Trinajstić information content (AvgIpc) is 3.81. The highest BCUT2D eigenvalue weighted by Gasteiger charge is 2.20. The van der Waals surface area contributed by atoms with E-state index in [0.29, 0.717) is 0 Å². The van der Waals surface area contributed by atoms with Gasteiger partial charge in [-0.05, 0) is 86.9 Å². The molecule has 0 unspecified atom stereocenters. The minimum Gasteiger partial charge on any atom is -0.453 e. The van der Waals surface area contributed by atoms with E-state index in [0.717, 1.165) is 44.4 Å². The van der Waals surface area contributed by atoms with E-state index in [-0.39, 0.29) is 0 Å². The van der Waals surface area contributed by atoms with E-state index in [4.69, 9.17) is 4.42 Å². The Bertz CT molecular complexity index is 3150. The van der Waals surface area contributed by atoms with E-state index in [1.807, 2.05) is 11.3 Å². The monoisotopic (exact) mass is 693 g/mol. The molecule has 0 amide bonds. The number of hydrogen-bond acceptors (Lipinski definition) is 3. The van der Waals surface area contributed by atoms with E-state index in [1.54, 1.807) is 0 Å². The molecule has 0 aliphatic heterocycles. The van der Waals surface area contributed by atoms with Crippen LogP contribution in [0.3, 0.4) is 0 Å². The first kappa shape index (κ1) is 30.0. The van der Waals surface area contributed by atoms with Gasteiger partial charge in [0.05, 0.1) is 5.69 Å². The van der Waals surface area contributed by atoms with Crippen LogP contribution in [0, 0.1) is 0 Å². The van der Waals surface area contributed by atoms with Gasteiger partial charge in [0.25, 0.3) is 0 Å². The van der Waals surface area contributed by atoms with Crippen LogP contribution in [0.5, 0.6) is 0 Å². The van der Waals surface area contributed by atoms with Gasteiger partial charge in [0.2, 0.25) is 0 Å². The SMILES string of the molecule is c1ccc(-c2ccc(N(c3ccc(-c4ccc5sc6c7ccccc7ccc6c5c4)cc3)c3cccc4c3oc3c5ccccc5ccc43)cc2)cc1. The van der Waals surface area contributed by atoms with Gasteiger partial charge in [0, 0.05) is 47.7 Å². The molecular weight excluding hydrogens is 663 g/mol. The summed E-state index contributed by atoms with van der Waals surface area (Å²) >= 11 is 1.88. The molecule has 0 saturated carbocycles. The van der Waals surface area contributed by atoms with Crippen molar-refractivity contribution in [3.05, 3.63) is 188 Å².